The zero-order chi connectivity index (χ0) is 21.1. The lowest BCUT2D eigenvalue weighted by atomic mass is 10.1. The minimum absolute atomic E-state index is 0.102. The monoisotopic (exact) mass is 456 g/mol. The van der Waals surface area contributed by atoms with Crippen LogP contribution in [0.15, 0.2) is 53.0 Å². The molecule has 3 rings (SSSR count). The van der Waals surface area contributed by atoms with Crippen LogP contribution in [0.2, 0.25) is 0 Å². The van der Waals surface area contributed by atoms with Crippen LogP contribution in [0.4, 0.5) is 5.69 Å². The van der Waals surface area contributed by atoms with Gasteiger partial charge in [0.25, 0.3) is 0 Å². The standard InChI is InChI=1S/C22H21BrN2O4/c1-12(2)21(27)24-15-10-8-14(9-11-15)20(26)13(3)29-22(28)19-18(23)16-6-4-5-7-17(16)25-19/h4-13,25H,1-3H3,(H,24,27). The Morgan fingerprint density at radius 1 is 1.00 bits per heavy atom. The molecule has 1 unspecified atom stereocenters. The number of rotatable bonds is 6. The van der Waals surface area contributed by atoms with Gasteiger partial charge in [-0.3, -0.25) is 9.59 Å². The number of carbonyl (C=O) groups is 3. The number of anilines is 1. The van der Waals surface area contributed by atoms with E-state index in [0.29, 0.717) is 15.7 Å². The summed E-state index contributed by atoms with van der Waals surface area (Å²) in [5.74, 6) is -1.18. The molecule has 1 amide bonds. The maximum absolute atomic E-state index is 12.6. The van der Waals surface area contributed by atoms with Gasteiger partial charge < -0.3 is 15.0 Å². The van der Waals surface area contributed by atoms with Gasteiger partial charge in [-0.05, 0) is 53.2 Å². The van der Waals surface area contributed by atoms with Crippen molar-refractivity contribution in [3.05, 3.63) is 64.3 Å². The van der Waals surface area contributed by atoms with E-state index in [9.17, 15) is 14.4 Å². The lowest BCUT2D eigenvalue weighted by molar-refractivity contribution is -0.118. The number of carbonyl (C=O) groups excluding carboxylic acids is 3. The summed E-state index contributed by atoms with van der Waals surface area (Å²) < 4.78 is 5.97. The SMILES string of the molecule is CC(C)C(=O)Nc1ccc(C(=O)C(C)OC(=O)c2[nH]c3ccccc3c2Br)cc1. The number of H-pyrrole nitrogens is 1. The molecular weight excluding hydrogens is 436 g/mol. The minimum Gasteiger partial charge on any atom is -0.450 e. The first kappa shape index (κ1) is 20.8. The molecule has 0 aliphatic carbocycles. The van der Waals surface area contributed by atoms with Gasteiger partial charge in [-0.25, -0.2) is 4.79 Å². The average Bonchev–Trinajstić information content (AvgIpc) is 3.05. The Morgan fingerprint density at radius 3 is 2.28 bits per heavy atom. The van der Waals surface area contributed by atoms with Gasteiger partial charge in [0.15, 0.2) is 6.10 Å². The Morgan fingerprint density at radius 2 is 1.66 bits per heavy atom. The first-order valence-electron chi connectivity index (χ1n) is 9.20. The molecule has 1 atom stereocenters. The van der Waals surface area contributed by atoms with Crippen molar-refractivity contribution in [3.8, 4) is 0 Å². The van der Waals surface area contributed by atoms with E-state index in [2.05, 4.69) is 26.2 Å². The Kier molecular flexibility index (Phi) is 6.17. The number of para-hydroxylation sites is 1. The number of aromatic nitrogens is 1. The fraction of sp³-hybridized carbons (Fsp3) is 0.227. The number of nitrogens with one attached hydrogen (secondary N) is 2. The number of benzene rings is 2. The highest BCUT2D eigenvalue weighted by molar-refractivity contribution is 9.10. The molecule has 0 fully saturated rings. The lowest BCUT2D eigenvalue weighted by Gasteiger charge is -2.13. The van der Waals surface area contributed by atoms with Crippen molar-refractivity contribution in [1.29, 1.82) is 0 Å². The molecule has 6 nitrogen and oxygen atoms in total. The van der Waals surface area contributed by atoms with Crippen LogP contribution in [0.1, 0.15) is 41.6 Å². The molecule has 0 radical (unpaired) electrons. The maximum Gasteiger partial charge on any atom is 0.356 e. The van der Waals surface area contributed by atoms with E-state index in [0.717, 1.165) is 10.9 Å². The summed E-state index contributed by atoms with van der Waals surface area (Å²) in [5.41, 5.74) is 2.05. The third-order valence-corrected chi connectivity index (χ3v) is 5.28. The molecule has 2 N–H and O–H groups in total. The lowest BCUT2D eigenvalue weighted by Crippen LogP contribution is -2.25. The van der Waals surface area contributed by atoms with Crippen LogP contribution in [-0.4, -0.2) is 28.7 Å². The molecular formula is C22H21BrN2O4. The van der Waals surface area contributed by atoms with Crippen LogP contribution in [0, 0.1) is 5.92 Å². The number of hydrogen-bond donors (Lipinski definition) is 2. The molecule has 1 heterocycles. The normalized spacial score (nSPS) is 12.0. The van der Waals surface area contributed by atoms with E-state index in [4.69, 9.17) is 4.74 Å². The molecule has 7 heteroatoms. The third kappa shape index (κ3) is 4.56. The number of ether oxygens (including phenoxy) is 1. The van der Waals surface area contributed by atoms with Gasteiger partial charge in [-0.1, -0.05) is 32.0 Å². The summed E-state index contributed by atoms with van der Waals surface area (Å²) in [7, 11) is 0. The highest BCUT2D eigenvalue weighted by Gasteiger charge is 2.24. The van der Waals surface area contributed by atoms with Gasteiger partial charge in [0.05, 0.1) is 4.47 Å². The molecule has 0 saturated carbocycles. The minimum atomic E-state index is -0.961. The topological polar surface area (TPSA) is 88.3 Å². The largest absolute Gasteiger partial charge is 0.450 e. The van der Waals surface area contributed by atoms with Crippen LogP contribution in [0.3, 0.4) is 0 Å². The van der Waals surface area contributed by atoms with Crippen molar-refractivity contribution in [2.24, 2.45) is 5.92 Å². The van der Waals surface area contributed by atoms with E-state index >= 15 is 0 Å². The highest BCUT2D eigenvalue weighted by atomic mass is 79.9. The Balaban J connectivity index is 1.69. The molecule has 0 saturated heterocycles. The quantitative estimate of drug-likeness (QED) is 0.405. The predicted octanol–water partition coefficient (Wildman–Crippen LogP) is 4.95. The van der Waals surface area contributed by atoms with E-state index in [1.807, 2.05) is 24.3 Å². The number of fused-ring (bicyclic) bond motifs is 1. The summed E-state index contributed by atoms with van der Waals surface area (Å²) in [6, 6.07) is 14.0. The first-order valence-corrected chi connectivity index (χ1v) is 9.99. The average molecular weight is 457 g/mol. The summed E-state index contributed by atoms with van der Waals surface area (Å²) in [4.78, 5) is 39.9. The van der Waals surface area contributed by atoms with Gasteiger partial charge in [0.2, 0.25) is 11.7 Å². The number of halogens is 1. The molecule has 1 aromatic heterocycles. The summed E-state index contributed by atoms with van der Waals surface area (Å²) in [6.45, 7) is 5.13. The number of amides is 1. The van der Waals surface area contributed by atoms with Gasteiger partial charge in [0, 0.05) is 28.1 Å². The summed E-state index contributed by atoms with van der Waals surface area (Å²) >= 11 is 3.41. The van der Waals surface area contributed by atoms with Gasteiger partial charge in [-0.2, -0.15) is 0 Å². The molecule has 2 aromatic carbocycles. The van der Waals surface area contributed by atoms with Gasteiger partial charge in [-0.15, -0.1) is 0 Å². The second-order valence-electron chi connectivity index (χ2n) is 6.99. The smallest absolute Gasteiger partial charge is 0.356 e. The van der Waals surface area contributed by atoms with E-state index in [-0.39, 0.29) is 23.3 Å². The van der Waals surface area contributed by atoms with Crippen molar-refractivity contribution in [3.63, 3.8) is 0 Å². The Bertz CT molecular complexity index is 1070. The third-order valence-electron chi connectivity index (χ3n) is 4.46. The predicted molar refractivity (Wildman–Crippen MR) is 115 cm³/mol. The molecule has 0 spiro atoms. The second-order valence-corrected chi connectivity index (χ2v) is 7.79. The number of aromatic amines is 1. The molecule has 150 valence electrons. The summed E-state index contributed by atoms with van der Waals surface area (Å²) in [6.07, 6.45) is -0.961. The van der Waals surface area contributed by atoms with Crippen molar-refractivity contribution in [2.45, 2.75) is 26.9 Å². The molecule has 0 aliphatic heterocycles. The van der Waals surface area contributed by atoms with Crippen molar-refractivity contribution in [1.82, 2.24) is 4.98 Å². The number of Topliss-reactive ketones (excluding diaryl/α,β-unsaturated/α-hetero) is 1. The van der Waals surface area contributed by atoms with Crippen LogP contribution < -0.4 is 5.32 Å². The fourth-order valence-electron chi connectivity index (χ4n) is 2.76. The Hall–Kier alpha value is -2.93. The molecule has 0 aliphatic rings. The highest BCUT2D eigenvalue weighted by Crippen LogP contribution is 2.28. The van der Waals surface area contributed by atoms with Crippen LogP contribution in [-0.2, 0) is 9.53 Å². The Labute approximate surface area is 176 Å². The van der Waals surface area contributed by atoms with E-state index in [1.165, 1.54) is 6.92 Å². The van der Waals surface area contributed by atoms with E-state index in [1.54, 1.807) is 38.1 Å². The van der Waals surface area contributed by atoms with Gasteiger partial charge in [0.1, 0.15) is 5.69 Å². The zero-order valence-corrected chi connectivity index (χ0v) is 17.9. The van der Waals surface area contributed by atoms with Crippen molar-refractivity contribution >= 4 is 50.2 Å². The molecule has 3 aromatic rings. The number of esters is 1. The number of ketones is 1. The first-order chi connectivity index (χ1) is 13.8. The van der Waals surface area contributed by atoms with E-state index < -0.39 is 12.1 Å². The molecule has 29 heavy (non-hydrogen) atoms. The van der Waals surface area contributed by atoms with Crippen LogP contribution >= 0.6 is 15.9 Å². The fourth-order valence-corrected chi connectivity index (χ4v) is 3.37. The molecule has 0 bridgehead atoms. The van der Waals surface area contributed by atoms with Crippen molar-refractivity contribution < 1.29 is 19.1 Å². The second kappa shape index (κ2) is 8.61. The summed E-state index contributed by atoms with van der Waals surface area (Å²) in [5, 5.41) is 3.62. The number of hydrogen-bond acceptors (Lipinski definition) is 4. The van der Waals surface area contributed by atoms with Gasteiger partial charge >= 0.3 is 5.97 Å². The van der Waals surface area contributed by atoms with Crippen molar-refractivity contribution in [2.75, 3.05) is 5.32 Å². The van der Waals surface area contributed by atoms with Crippen LogP contribution in [0.25, 0.3) is 10.9 Å². The van der Waals surface area contributed by atoms with Crippen LogP contribution in [0.5, 0.6) is 0 Å². The zero-order valence-electron chi connectivity index (χ0n) is 16.3. The maximum atomic E-state index is 12.6.